The number of alkyl halides is 1. The fraction of sp³-hybridized carbons (Fsp3) is 0.385. The van der Waals surface area contributed by atoms with E-state index in [9.17, 15) is 19.2 Å². The quantitative estimate of drug-likeness (QED) is 0.253. The molecule has 0 saturated heterocycles. The van der Waals surface area contributed by atoms with Crippen molar-refractivity contribution >= 4 is 52.3 Å². The molecule has 0 atom stereocenters. The first-order chi connectivity index (χ1) is 18.5. The largest absolute Gasteiger partial charge is 0.355 e. The number of rotatable bonds is 12. The molecule has 0 aliphatic heterocycles. The Morgan fingerprint density at radius 2 is 1.26 bits per heavy atom. The molecule has 3 heterocycles. The van der Waals surface area contributed by atoms with Gasteiger partial charge in [-0.25, -0.2) is 0 Å². The molecular weight excluding hydrogens is 524 g/mol. The van der Waals surface area contributed by atoms with Crippen molar-refractivity contribution < 1.29 is 19.2 Å². The lowest BCUT2D eigenvalue weighted by molar-refractivity contribution is -0.115. The van der Waals surface area contributed by atoms with Gasteiger partial charge in [-0.15, -0.1) is 11.6 Å². The Labute approximate surface area is 232 Å². The van der Waals surface area contributed by atoms with Gasteiger partial charge in [0, 0.05) is 58.6 Å². The number of anilines is 3. The monoisotopic (exact) mass is 558 g/mol. The molecule has 0 aliphatic rings. The Balaban J connectivity index is 1.62. The van der Waals surface area contributed by atoms with E-state index < -0.39 is 0 Å². The molecule has 0 radical (unpaired) electrons. The number of nitrogens with one attached hydrogen (secondary N) is 4. The Morgan fingerprint density at radius 1 is 0.744 bits per heavy atom. The third kappa shape index (κ3) is 7.52. The summed E-state index contributed by atoms with van der Waals surface area (Å²) >= 11 is 5.58. The first kappa shape index (κ1) is 29.5. The van der Waals surface area contributed by atoms with Crippen LogP contribution in [0.2, 0.25) is 0 Å². The molecule has 3 aromatic rings. The van der Waals surface area contributed by atoms with Gasteiger partial charge >= 0.3 is 0 Å². The van der Waals surface area contributed by atoms with Crippen LogP contribution in [0.3, 0.4) is 0 Å². The van der Waals surface area contributed by atoms with Gasteiger partial charge in [0.15, 0.2) is 0 Å². The summed E-state index contributed by atoms with van der Waals surface area (Å²) in [7, 11) is 8.90. The number of halogens is 1. The number of amides is 4. The van der Waals surface area contributed by atoms with Crippen LogP contribution in [0.25, 0.3) is 0 Å². The Bertz CT molecular complexity index is 1310. The number of nitrogens with zero attached hydrogens (tertiary/aromatic N) is 4. The highest BCUT2D eigenvalue weighted by Gasteiger charge is 2.22. The van der Waals surface area contributed by atoms with Crippen molar-refractivity contribution in [1.82, 2.24) is 24.8 Å². The highest BCUT2D eigenvalue weighted by molar-refractivity contribution is 6.19. The number of aromatic nitrogens is 3. The van der Waals surface area contributed by atoms with E-state index in [0.717, 1.165) is 13.0 Å². The van der Waals surface area contributed by atoms with Gasteiger partial charge in [-0.2, -0.15) is 0 Å². The van der Waals surface area contributed by atoms with Gasteiger partial charge < -0.3 is 39.9 Å². The summed E-state index contributed by atoms with van der Waals surface area (Å²) in [5.41, 5.74) is 2.38. The lowest BCUT2D eigenvalue weighted by Crippen LogP contribution is -2.30. The van der Waals surface area contributed by atoms with Crippen LogP contribution in [-0.4, -0.2) is 103 Å². The Morgan fingerprint density at radius 3 is 1.79 bits per heavy atom. The van der Waals surface area contributed by atoms with Crippen LogP contribution in [0, 0.1) is 0 Å². The third-order valence-electron chi connectivity index (χ3n) is 6.14. The van der Waals surface area contributed by atoms with Crippen molar-refractivity contribution in [3.8, 4) is 0 Å². The smallest absolute Gasteiger partial charge is 0.274 e. The van der Waals surface area contributed by atoms with Crippen molar-refractivity contribution in [3.05, 3.63) is 53.9 Å². The van der Waals surface area contributed by atoms with Gasteiger partial charge in [-0.1, -0.05) is 0 Å². The van der Waals surface area contributed by atoms with Crippen molar-refractivity contribution in [2.45, 2.75) is 12.8 Å². The normalized spacial score (nSPS) is 10.9. The standard InChI is InChI=1S/C26H35ClN8O4/c1-32(2)9-6-10-33(3)24(37)21-12-18(15-29-21)35(5)26(39)22-13-19(16-30-22)34(4)25(38)20-11-17(14-28-20)31-23(36)7-8-27/h11-16,28-30H,6-10H2,1-5H3,(H,31,36). The first-order valence-electron chi connectivity index (χ1n) is 12.4. The van der Waals surface area contributed by atoms with Crippen LogP contribution in [0.1, 0.15) is 44.3 Å². The maximum absolute atomic E-state index is 13.1. The summed E-state index contributed by atoms with van der Waals surface area (Å²) in [6.07, 6.45) is 5.70. The van der Waals surface area contributed by atoms with Crippen LogP contribution >= 0.6 is 11.6 Å². The molecule has 0 saturated carbocycles. The molecule has 210 valence electrons. The van der Waals surface area contributed by atoms with Gasteiger partial charge in [0.2, 0.25) is 5.91 Å². The predicted octanol–water partition coefficient (Wildman–Crippen LogP) is 2.82. The number of carbonyl (C=O) groups excluding carboxylic acids is 4. The molecular formula is C26H35ClN8O4. The lowest BCUT2D eigenvalue weighted by atomic mass is 10.3. The maximum atomic E-state index is 13.1. The second kappa shape index (κ2) is 13.2. The molecule has 39 heavy (non-hydrogen) atoms. The molecule has 13 heteroatoms. The average molecular weight is 559 g/mol. The second-order valence-electron chi connectivity index (χ2n) is 9.44. The molecule has 3 aromatic heterocycles. The molecule has 12 nitrogen and oxygen atoms in total. The molecule has 4 N–H and O–H groups in total. The fourth-order valence-electron chi connectivity index (χ4n) is 3.83. The number of hydrogen-bond acceptors (Lipinski definition) is 5. The average Bonchev–Trinajstić information content (AvgIpc) is 3.67. The minimum absolute atomic E-state index is 0.158. The third-order valence-corrected chi connectivity index (χ3v) is 6.33. The summed E-state index contributed by atoms with van der Waals surface area (Å²) in [5, 5.41) is 2.66. The molecule has 0 spiro atoms. The topological polar surface area (TPSA) is 141 Å². The van der Waals surface area contributed by atoms with Gasteiger partial charge in [-0.05, 0) is 45.3 Å². The van der Waals surface area contributed by atoms with E-state index in [1.54, 1.807) is 50.6 Å². The summed E-state index contributed by atoms with van der Waals surface area (Å²) in [6, 6.07) is 4.74. The zero-order chi connectivity index (χ0) is 28.7. The van der Waals surface area contributed by atoms with E-state index in [2.05, 4.69) is 25.2 Å². The van der Waals surface area contributed by atoms with Crippen LogP contribution in [0.4, 0.5) is 17.1 Å². The molecule has 0 aliphatic carbocycles. The number of hydrogen-bond donors (Lipinski definition) is 4. The summed E-state index contributed by atoms with van der Waals surface area (Å²) in [5.74, 6) is -0.910. The number of H-pyrrole nitrogens is 3. The van der Waals surface area contributed by atoms with E-state index in [-0.39, 0.29) is 47.3 Å². The summed E-state index contributed by atoms with van der Waals surface area (Å²) in [6.45, 7) is 1.49. The van der Waals surface area contributed by atoms with Gasteiger partial charge in [0.05, 0.1) is 17.1 Å². The molecule has 4 amide bonds. The van der Waals surface area contributed by atoms with E-state index >= 15 is 0 Å². The van der Waals surface area contributed by atoms with Crippen molar-refractivity contribution in [2.75, 3.05) is 69.3 Å². The highest BCUT2D eigenvalue weighted by Crippen LogP contribution is 2.22. The van der Waals surface area contributed by atoms with E-state index in [0.29, 0.717) is 29.3 Å². The van der Waals surface area contributed by atoms with Gasteiger partial charge in [0.1, 0.15) is 17.1 Å². The van der Waals surface area contributed by atoms with E-state index in [4.69, 9.17) is 11.6 Å². The maximum Gasteiger partial charge on any atom is 0.274 e. The van der Waals surface area contributed by atoms with Crippen LogP contribution in [0.15, 0.2) is 36.8 Å². The van der Waals surface area contributed by atoms with Crippen LogP contribution in [-0.2, 0) is 4.79 Å². The minimum Gasteiger partial charge on any atom is -0.355 e. The lowest BCUT2D eigenvalue weighted by Gasteiger charge is -2.18. The minimum atomic E-state index is -0.359. The summed E-state index contributed by atoms with van der Waals surface area (Å²) < 4.78 is 0. The molecule has 3 rings (SSSR count). The second-order valence-corrected chi connectivity index (χ2v) is 9.82. The number of aromatic amines is 3. The van der Waals surface area contributed by atoms with Crippen LogP contribution in [0.5, 0.6) is 0 Å². The molecule has 0 unspecified atom stereocenters. The predicted molar refractivity (Wildman–Crippen MR) is 152 cm³/mol. The molecule has 0 bridgehead atoms. The zero-order valence-corrected chi connectivity index (χ0v) is 23.6. The Hall–Kier alpha value is -4.03. The van der Waals surface area contributed by atoms with Crippen LogP contribution < -0.4 is 15.1 Å². The zero-order valence-electron chi connectivity index (χ0n) is 22.8. The van der Waals surface area contributed by atoms with Gasteiger partial charge in [0.25, 0.3) is 17.7 Å². The molecule has 0 aromatic carbocycles. The first-order valence-corrected chi connectivity index (χ1v) is 12.9. The SMILES string of the molecule is CN(C)CCCN(C)C(=O)c1cc(N(C)C(=O)c2cc(N(C)C(=O)c3cc(NC(=O)CCCl)c[nH]3)c[nH]2)c[nH]1. The van der Waals surface area contributed by atoms with Crippen molar-refractivity contribution in [2.24, 2.45) is 0 Å². The van der Waals surface area contributed by atoms with Crippen molar-refractivity contribution in [3.63, 3.8) is 0 Å². The summed E-state index contributed by atoms with van der Waals surface area (Å²) in [4.78, 5) is 65.7. The van der Waals surface area contributed by atoms with E-state index in [1.165, 1.54) is 22.1 Å². The van der Waals surface area contributed by atoms with E-state index in [1.807, 2.05) is 14.1 Å². The van der Waals surface area contributed by atoms with Crippen molar-refractivity contribution in [1.29, 1.82) is 0 Å². The highest BCUT2D eigenvalue weighted by atomic mass is 35.5. The Kier molecular flexibility index (Phi) is 9.96. The number of carbonyl (C=O) groups is 4. The van der Waals surface area contributed by atoms with Gasteiger partial charge in [-0.3, -0.25) is 19.2 Å². The fourth-order valence-corrected chi connectivity index (χ4v) is 4.00. The molecule has 0 fully saturated rings.